The Kier molecular flexibility index (Phi) is 5.57. The van der Waals surface area contributed by atoms with Crippen LogP contribution in [0.4, 0.5) is 5.13 Å². The van der Waals surface area contributed by atoms with Gasteiger partial charge in [0.2, 0.25) is 5.13 Å². The number of pyridine rings is 1. The number of carbonyl (C=O) groups is 1. The van der Waals surface area contributed by atoms with E-state index in [2.05, 4.69) is 20.5 Å². The highest BCUT2D eigenvalue weighted by atomic mass is 35.5. The Labute approximate surface area is 153 Å². The van der Waals surface area contributed by atoms with E-state index in [9.17, 15) is 4.79 Å². The number of anilines is 1. The number of hydrogen-bond donors (Lipinski definition) is 1. The Hall–Kier alpha value is -2.51. The van der Waals surface area contributed by atoms with Gasteiger partial charge in [-0.3, -0.25) is 10.2 Å². The van der Waals surface area contributed by atoms with Crippen LogP contribution in [-0.4, -0.2) is 28.8 Å². The van der Waals surface area contributed by atoms with E-state index in [-0.39, 0.29) is 12.4 Å². The van der Waals surface area contributed by atoms with E-state index in [0.29, 0.717) is 22.6 Å². The van der Waals surface area contributed by atoms with E-state index >= 15 is 0 Å². The summed E-state index contributed by atoms with van der Waals surface area (Å²) in [5.74, 6) is -0.285. The molecule has 0 aliphatic rings. The van der Waals surface area contributed by atoms with Crippen molar-refractivity contribution in [2.24, 2.45) is 5.10 Å². The van der Waals surface area contributed by atoms with Gasteiger partial charge in [0.25, 0.3) is 0 Å². The lowest BCUT2D eigenvalue weighted by atomic mass is 10.1. The number of halogens is 1. The van der Waals surface area contributed by atoms with Crippen molar-refractivity contribution in [2.75, 3.05) is 12.0 Å². The Bertz CT molecular complexity index is 926. The molecule has 0 saturated carbocycles. The molecule has 6 nitrogen and oxygen atoms in total. The van der Waals surface area contributed by atoms with Crippen molar-refractivity contribution in [3.8, 4) is 0 Å². The first-order valence-electron chi connectivity index (χ1n) is 7.59. The molecule has 8 heteroatoms. The second-order valence-electron chi connectivity index (χ2n) is 5.08. The van der Waals surface area contributed by atoms with Crippen molar-refractivity contribution in [1.29, 1.82) is 0 Å². The summed E-state index contributed by atoms with van der Waals surface area (Å²) < 4.78 is 4.90. The van der Waals surface area contributed by atoms with E-state index in [1.54, 1.807) is 24.7 Å². The molecule has 0 fully saturated rings. The van der Waals surface area contributed by atoms with E-state index in [0.717, 1.165) is 16.3 Å². The first-order valence-corrected chi connectivity index (χ1v) is 8.85. The van der Waals surface area contributed by atoms with Gasteiger partial charge in [-0.25, -0.2) is 9.97 Å². The first-order chi connectivity index (χ1) is 12.2. The van der Waals surface area contributed by atoms with Gasteiger partial charge in [0.1, 0.15) is 5.15 Å². The Morgan fingerprint density at radius 2 is 2.32 bits per heavy atom. The van der Waals surface area contributed by atoms with Crippen LogP contribution in [-0.2, 0) is 16.0 Å². The van der Waals surface area contributed by atoms with Crippen molar-refractivity contribution < 1.29 is 9.53 Å². The zero-order valence-electron chi connectivity index (χ0n) is 13.4. The van der Waals surface area contributed by atoms with Crippen molar-refractivity contribution in [3.63, 3.8) is 0 Å². The number of nitrogens with one attached hydrogen (secondary N) is 1. The molecule has 0 aliphatic heterocycles. The molecule has 3 rings (SSSR count). The van der Waals surface area contributed by atoms with Gasteiger partial charge in [0.05, 0.1) is 24.9 Å². The van der Waals surface area contributed by atoms with Crippen molar-refractivity contribution in [1.82, 2.24) is 9.97 Å². The standard InChI is InChI=1S/C17H15ClN4O2S/c1-2-24-15(23)8-13-10-25-17(21-13)22-20-9-11-3-4-14-12(7-11)5-6-19-16(14)18/h3-7,9-10H,2,8H2,1H3,(H,21,22). The van der Waals surface area contributed by atoms with Gasteiger partial charge in [0, 0.05) is 17.0 Å². The number of esters is 1. The van der Waals surface area contributed by atoms with Gasteiger partial charge in [0.15, 0.2) is 0 Å². The second-order valence-corrected chi connectivity index (χ2v) is 6.29. The maximum Gasteiger partial charge on any atom is 0.311 e. The summed E-state index contributed by atoms with van der Waals surface area (Å²) in [6.07, 6.45) is 3.53. The molecule has 0 radical (unpaired) electrons. The molecule has 0 amide bonds. The monoisotopic (exact) mass is 374 g/mol. The Morgan fingerprint density at radius 1 is 1.44 bits per heavy atom. The van der Waals surface area contributed by atoms with Crippen LogP contribution in [0, 0.1) is 0 Å². The van der Waals surface area contributed by atoms with Crippen LogP contribution >= 0.6 is 22.9 Å². The van der Waals surface area contributed by atoms with Gasteiger partial charge >= 0.3 is 5.97 Å². The molecule has 2 heterocycles. The summed E-state index contributed by atoms with van der Waals surface area (Å²) in [5, 5.41) is 8.98. The van der Waals surface area contributed by atoms with Gasteiger partial charge in [-0.15, -0.1) is 11.3 Å². The van der Waals surface area contributed by atoms with Crippen LogP contribution < -0.4 is 5.43 Å². The van der Waals surface area contributed by atoms with Crippen LogP contribution in [0.5, 0.6) is 0 Å². The Morgan fingerprint density at radius 3 is 3.16 bits per heavy atom. The van der Waals surface area contributed by atoms with Crippen molar-refractivity contribution in [2.45, 2.75) is 13.3 Å². The van der Waals surface area contributed by atoms with Crippen LogP contribution in [0.25, 0.3) is 10.8 Å². The topological polar surface area (TPSA) is 76.5 Å². The summed E-state index contributed by atoms with van der Waals surface area (Å²) in [6, 6.07) is 7.69. The maximum atomic E-state index is 11.4. The predicted molar refractivity (Wildman–Crippen MR) is 100 cm³/mol. The quantitative estimate of drug-likeness (QED) is 0.306. The number of hydrogen-bond acceptors (Lipinski definition) is 7. The number of carbonyl (C=O) groups excluding carboxylic acids is 1. The molecule has 0 unspecified atom stereocenters. The minimum atomic E-state index is -0.285. The SMILES string of the molecule is CCOC(=O)Cc1csc(NN=Cc2ccc3c(Cl)nccc3c2)n1. The van der Waals surface area contributed by atoms with Crippen LogP contribution in [0.1, 0.15) is 18.2 Å². The normalized spacial score (nSPS) is 11.1. The van der Waals surface area contributed by atoms with E-state index in [1.807, 2.05) is 24.3 Å². The summed E-state index contributed by atoms with van der Waals surface area (Å²) in [7, 11) is 0. The van der Waals surface area contributed by atoms with E-state index in [1.165, 1.54) is 11.3 Å². The smallest absolute Gasteiger partial charge is 0.311 e. The third kappa shape index (κ3) is 4.52. The third-order valence-electron chi connectivity index (χ3n) is 3.30. The fourth-order valence-corrected chi connectivity index (χ4v) is 3.09. The number of rotatable bonds is 6. The highest BCUT2D eigenvalue weighted by Crippen LogP contribution is 2.21. The van der Waals surface area contributed by atoms with E-state index < -0.39 is 0 Å². The van der Waals surface area contributed by atoms with E-state index in [4.69, 9.17) is 16.3 Å². The van der Waals surface area contributed by atoms with Crippen molar-refractivity contribution in [3.05, 3.63) is 52.3 Å². The fraction of sp³-hybridized carbons (Fsp3) is 0.176. The number of benzene rings is 1. The summed E-state index contributed by atoms with van der Waals surface area (Å²) in [6.45, 7) is 2.14. The summed E-state index contributed by atoms with van der Waals surface area (Å²) in [5.41, 5.74) is 4.45. The predicted octanol–water partition coefficient (Wildman–Crippen LogP) is 3.90. The molecule has 25 heavy (non-hydrogen) atoms. The molecule has 1 N–H and O–H groups in total. The highest BCUT2D eigenvalue weighted by Gasteiger charge is 2.07. The molecule has 128 valence electrons. The number of thiazole rings is 1. The molecule has 1 aromatic carbocycles. The van der Waals surface area contributed by atoms with Crippen LogP contribution in [0.2, 0.25) is 5.15 Å². The van der Waals surface area contributed by atoms with Crippen molar-refractivity contribution >= 4 is 51.0 Å². The number of ether oxygens (including phenoxy) is 1. The molecule has 0 aliphatic carbocycles. The third-order valence-corrected chi connectivity index (χ3v) is 4.39. The largest absolute Gasteiger partial charge is 0.466 e. The summed E-state index contributed by atoms with van der Waals surface area (Å²) >= 11 is 7.43. The maximum absolute atomic E-state index is 11.4. The molecule has 3 aromatic rings. The average Bonchev–Trinajstić information content (AvgIpc) is 3.02. The Balaban J connectivity index is 1.63. The molecule has 0 spiro atoms. The van der Waals surface area contributed by atoms with Gasteiger partial charge < -0.3 is 4.74 Å². The number of fused-ring (bicyclic) bond motifs is 1. The fourth-order valence-electron chi connectivity index (χ4n) is 2.20. The highest BCUT2D eigenvalue weighted by molar-refractivity contribution is 7.13. The van der Waals surface area contributed by atoms with Gasteiger partial charge in [-0.2, -0.15) is 5.10 Å². The van der Waals surface area contributed by atoms with Gasteiger partial charge in [-0.05, 0) is 30.0 Å². The van der Waals surface area contributed by atoms with Crippen LogP contribution in [0.3, 0.4) is 0 Å². The number of hydrazone groups is 1. The van der Waals surface area contributed by atoms with Crippen LogP contribution in [0.15, 0.2) is 40.9 Å². The minimum Gasteiger partial charge on any atom is -0.466 e. The zero-order valence-corrected chi connectivity index (χ0v) is 15.0. The molecule has 0 saturated heterocycles. The number of aromatic nitrogens is 2. The minimum absolute atomic E-state index is 0.162. The molecule has 2 aromatic heterocycles. The second kappa shape index (κ2) is 8.04. The number of nitrogens with zero attached hydrogens (tertiary/aromatic N) is 3. The summed E-state index contributed by atoms with van der Waals surface area (Å²) in [4.78, 5) is 19.8. The lowest BCUT2D eigenvalue weighted by Crippen LogP contribution is -2.07. The first kappa shape index (κ1) is 17.3. The van der Waals surface area contributed by atoms with Gasteiger partial charge in [-0.1, -0.05) is 23.7 Å². The average molecular weight is 375 g/mol. The lowest BCUT2D eigenvalue weighted by molar-refractivity contribution is -0.142. The molecule has 0 atom stereocenters. The lowest BCUT2D eigenvalue weighted by Gasteiger charge is -2.00. The molecular formula is C17H15ClN4O2S. The zero-order chi connectivity index (χ0) is 17.6. The molecule has 0 bridgehead atoms. The molecular weight excluding hydrogens is 360 g/mol.